The van der Waals surface area contributed by atoms with Gasteiger partial charge in [-0.1, -0.05) is 61.2 Å². The standard InChI is InChI=1S/C18H20ClN/c19-15-11-16(13-7-3-1-4-8-13)18(17(20)12-15)14-9-5-2-6-10-14/h2,5-6,9-13H,1,3-4,7-8,20H2. The van der Waals surface area contributed by atoms with Gasteiger partial charge in [-0.3, -0.25) is 0 Å². The number of hydrogen-bond acceptors (Lipinski definition) is 1. The fourth-order valence-electron chi connectivity index (χ4n) is 3.32. The Labute approximate surface area is 125 Å². The lowest BCUT2D eigenvalue weighted by Crippen LogP contribution is -2.07. The van der Waals surface area contributed by atoms with Crippen LogP contribution in [0.3, 0.4) is 0 Å². The Hall–Kier alpha value is -1.47. The van der Waals surface area contributed by atoms with Gasteiger partial charge in [0.1, 0.15) is 0 Å². The molecule has 1 fully saturated rings. The van der Waals surface area contributed by atoms with Gasteiger partial charge in [0.25, 0.3) is 0 Å². The molecule has 0 heterocycles. The average Bonchev–Trinajstić information content (AvgIpc) is 2.48. The molecule has 2 aromatic carbocycles. The van der Waals surface area contributed by atoms with Gasteiger partial charge in [-0.15, -0.1) is 0 Å². The van der Waals surface area contributed by atoms with E-state index in [1.165, 1.54) is 48.8 Å². The number of anilines is 1. The zero-order valence-electron chi connectivity index (χ0n) is 11.6. The number of nitrogen functional groups attached to an aromatic ring is 1. The highest BCUT2D eigenvalue weighted by Gasteiger charge is 2.21. The third-order valence-electron chi connectivity index (χ3n) is 4.27. The van der Waals surface area contributed by atoms with Gasteiger partial charge in [-0.05, 0) is 42.0 Å². The van der Waals surface area contributed by atoms with Crippen LogP contribution < -0.4 is 5.73 Å². The molecular weight excluding hydrogens is 266 g/mol. The molecule has 104 valence electrons. The van der Waals surface area contributed by atoms with Crippen LogP contribution in [-0.4, -0.2) is 0 Å². The highest BCUT2D eigenvalue weighted by Crippen LogP contribution is 2.42. The maximum absolute atomic E-state index is 6.28. The fourth-order valence-corrected chi connectivity index (χ4v) is 3.56. The van der Waals surface area contributed by atoms with Crippen LogP contribution in [0, 0.1) is 0 Å². The summed E-state index contributed by atoms with van der Waals surface area (Å²) >= 11 is 6.25. The van der Waals surface area contributed by atoms with Crippen LogP contribution in [0.5, 0.6) is 0 Å². The van der Waals surface area contributed by atoms with Crippen LogP contribution in [0.4, 0.5) is 5.69 Å². The molecule has 1 nitrogen and oxygen atoms in total. The molecule has 0 saturated heterocycles. The number of nitrogens with two attached hydrogens (primary N) is 1. The van der Waals surface area contributed by atoms with Crippen molar-refractivity contribution >= 4 is 17.3 Å². The summed E-state index contributed by atoms with van der Waals surface area (Å²) in [6.07, 6.45) is 6.48. The van der Waals surface area contributed by atoms with E-state index in [1.54, 1.807) is 0 Å². The van der Waals surface area contributed by atoms with Crippen molar-refractivity contribution in [1.82, 2.24) is 0 Å². The number of halogens is 1. The molecule has 0 atom stereocenters. The lowest BCUT2D eigenvalue weighted by Gasteiger charge is -2.25. The summed E-state index contributed by atoms with van der Waals surface area (Å²) in [5.41, 5.74) is 10.8. The summed E-state index contributed by atoms with van der Waals surface area (Å²) in [5, 5.41) is 0.753. The first kappa shape index (κ1) is 13.5. The van der Waals surface area contributed by atoms with Gasteiger partial charge in [0, 0.05) is 16.3 Å². The molecule has 0 aliphatic heterocycles. The Morgan fingerprint density at radius 3 is 2.35 bits per heavy atom. The molecule has 0 amide bonds. The molecule has 0 aromatic heterocycles. The molecule has 1 aliphatic rings. The summed E-state index contributed by atoms with van der Waals surface area (Å²) in [4.78, 5) is 0. The van der Waals surface area contributed by atoms with Crippen LogP contribution in [0.15, 0.2) is 42.5 Å². The smallest absolute Gasteiger partial charge is 0.0429 e. The second-order valence-corrected chi connectivity index (χ2v) is 6.10. The Kier molecular flexibility index (Phi) is 3.98. The Morgan fingerprint density at radius 1 is 0.950 bits per heavy atom. The van der Waals surface area contributed by atoms with Crippen LogP contribution in [0.25, 0.3) is 11.1 Å². The van der Waals surface area contributed by atoms with Crippen LogP contribution in [-0.2, 0) is 0 Å². The minimum Gasteiger partial charge on any atom is -0.398 e. The van der Waals surface area contributed by atoms with Crippen molar-refractivity contribution in [3.63, 3.8) is 0 Å². The topological polar surface area (TPSA) is 26.0 Å². The van der Waals surface area contributed by atoms with E-state index in [1.807, 2.05) is 12.1 Å². The van der Waals surface area contributed by atoms with E-state index in [-0.39, 0.29) is 0 Å². The average molecular weight is 286 g/mol. The van der Waals surface area contributed by atoms with E-state index < -0.39 is 0 Å². The van der Waals surface area contributed by atoms with Gasteiger partial charge in [0.2, 0.25) is 0 Å². The van der Waals surface area contributed by atoms with E-state index >= 15 is 0 Å². The van der Waals surface area contributed by atoms with Gasteiger partial charge in [-0.2, -0.15) is 0 Å². The van der Waals surface area contributed by atoms with Crippen molar-refractivity contribution < 1.29 is 0 Å². The molecule has 0 unspecified atom stereocenters. The second-order valence-electron chi connectivity index (χ2n) is 5.66. The largest absolute Gasteiger partial charge is 0.398 e. The molecule has 0 radical (unpaired) electrons. The van der Waals surface area contributed by atoms with Crippen molar-refractivity contribution in [1.29, 1.82) is 0 Å². The van der Waals surface area contributed by atoms with Crippen molar-refractivity contribution in [2.75, 3.05) is 5.73 Å². The number of benzene rings is 2. The van der Waals surface area contributed by atoms with E-state index in [0.717, 1.165) is 10.7 Å². The predicted molar refractivity (Wildman–Crippen MR) is 87.1 cm³/mol. The SMILES string of the molecule is Nc1cc(Cl)cc(C2CCCCC2)c1-c1ccccc1. The lowest BCUT2D eigenvalue weighted by atomic mass is 9.80. The zero-order chi connectivity index (χ0) is 13.9. The number of rotatable bonds is 2. The monoisotopic (exact) mass is 285 g/mol. The summed E-state index contributed by atoms with van der Waals surface area (Å²) in [5.74, 6) is 0.597. The summed E-state index contributed by atoms with van der Waals surface area (Å²) in [6.45, 7) is 0. The van der Waals surface area contributed by atoms with Gasteiger partial charge in [-0.25, -0.2) is 0 Å². The van der Waals surface area contributed by atoms with Gasteiger partial charge in [0.15, 0.2) is 0 Å². The van der Waals surface area contributed by atoms with E-state index in [2.05, 4.69) is 30.3 Å². The van der Waals surface area contributed by atoms with Gasteiger partial charge >= 0.3 is 0 Å². The van der Waals surface area contributed by atoms with Crippen molar-refractivity contribution in [3.05, 3.63) is 53.1 Å². The highest BCUT2D eigenvalue weighted by molar-refractivity contribution is 6.31. The summed E-state index contributed by atoms with van der Waals surface area (Å²) in [6, 6.07) is 14.4. The molecule has 1 saturated carbocycles. The minimum absolute atomic E-state index is 0.597. The van der Waals surface area contributed by atoms with E-state index in [9.17, 15) is 0 Å². The molecule has 20 heavy (non-hydrogen) atoms. The summed E-state index contributed by atoms with van der Waals surface area (Å²) < 4.78 is 0. The van der Waals surface area contributed by atoms with Gasteiger partial charge < -0.3 is 5.73 Å². The first-order valence-electron chi connectivity index (χ1n) is 7.40. The Balaban J connectivity index is 2.12. The second kappa shape index (κ2) is 5.88. The predicted octanol–water partition coefficient (Wildman–Crippen LogP) is 5.64. The Bertz CT molecular complexity index is 586. The summed E-state index contributed by atoms with van der Waals surface area (Å²) in [7, 11) is 0. The van der Waals surface area contributed by atoms with E-state index in [0.29, 0.717) is 5.92 Å². The Morgan fingerprint density at radius 2 is 1.65 bits per heavy atom. The molecule has 0 spiro atoms. The van der Waals surface area contributed by atoms with E-state index in [4.69, 9.17) is 17.3 Å². The van der Waals surface area contributed by atoms with Crippen LogP contribution in [0.1, 0.15) is 43.6 Å². The van der Waals surface area contributed by atoms with Crippen molar-refractivity contribution in [3.8, 4) is 11.1 Å². The normalized spacial score (nSPS) is 16.2. The third-order valence-corrected chi connectivity index (χ3v) is 4.49. The van der Waals surface area contributed by atoms with Crippen molar-refractivity contribution in [2.24, 2.45) is 0 Å². The molecular formula is C18H20ClN. The maximum atomic E-state index is 6.28. The first-order chi connectivity index (χ1) is 9.75. The van der Waals surface area contributed by atoms with Gasteiger partial charge in [0.05, 0.1) is 0 Å². The molecule has 2 aromatic rings. The first-order valence-corrected chi connectivity index (χ1v) is 7.78. The fraction of sp³-hybridized carbons (Fsp3) is 0.333. The van der Waals surface area contributed by atoms with Crippen LogP contribution in [0.2, 0.25) is 5.02 Å². The molecule has 3 rings (SSSR count). The number of hydrogen-bond donors (Lipinski definition) is 1. The molecule has 1 aliphatic carbocycles. The maximum Gasteiger partial charge on any atom is 0.0429 e. The third kappa shape index (κ3) is 2.69. The molecule has 2 N–H and O–H groups in total. The minimum atomic E-state index is 0.597. The molecule has 2 heteroatoms. The zero-order valence-corrected chi connectivity index (χ0v) is 12.4. The lowest BCUT2D eigenvalue weighted by molar-refractivity contribution is 0.444. The molecule has 0 bridgehead atoms. The quantitative estimate of drug-likeness (QED) is 0.710. The van der Waals surface area contributed by atoms with Crippen molar-refractivity contribution in [2.45, 2.75) is 38.0 Å². The highest BCUT2D eigenvalue weighted by atomic mass is 35.5. The van der Waals surface area contributed by atoms with Crippen LogP contribution >= 0.6 is 11.6 Å².